The summed E-state index contributed by atoms with van der Waals surface area (Å²) in [7, 11) is -3.91. The number of anilines is 1. The van der Waals surface area contributed by atoms with Crippen LogP contribution in [0.15, 0.2) is 53.6 Å². The molecule has 0 unspecified atom stereocenters. The zero-order chi connectivity index (χ0) is 19.0. The second kappa shape index (κ2) is 6.51. The van der Waals surface area contributed by atoms with Crippen molar-refractivity contribution in [2.24, 2.45) is 0 Å². The molecule has 3 heterocycles. The number of hydrogen-bond donors (Lipinski definition) is 2. The van der Waals surface area contributed by atoms with Gasteiger partial charge in [0, 0.05) is 24.4 Å². The lowest BCUT2D eigenvalue weighted by Gasteiger charge is -2.17. The van der Waals surface area contributed by atoms with Crippen LogP contribution in [0.25, 0.3) is 5.82 Å². The molecule has 0 fully saturated rings. The minimum atomic E-state index is -3.91. The summed E-state index contributed by atoms with van der Waals surface area (Å²) >= 11 is 0. The Morgan fingerprint density at radius 3 is 2.81 bits per heavy atom. The van der Waals surface area contributed by atoms with Crippen molar-refractivity contribution >= 4 is 21.7 Å². The number of aromatic nitrogens is 3. The van der Waals surface area contributed by atoms with Gasteiger partial charge in [-0.25, -0.2) is 13.4 Å². The van der Waals surface area contributed by atoms with Gasteiger partial charge >= 0.3 is 0 Å². The summed E-state index contributed by atoms with van der Waals surface area (Å²) in [6.45, 7) is 2.32. The fraction of sp³-hybridized carbons (Fsp3) is 0.167. The van der Waals surface area contributed by atoms with Crippen LogP contribution in [0, 0.1) is 6.92 Å². The molecule has 0 bridgehead atoms. The molecule has 0 atom stereocenters. The smallest absolute Gasteiger partial charge is 0.263 e. The number of nitrogens with one attached hydrogen (secondary N) is 2. The number of fused-ring (bicyclic) bond motifs is 1. The Bertz CT molecular complexity index is 1120. The predicted octanol–water partition coefficient (Wildman–Crippen LogP) is 1.66. The van der Waals surface area contributed by atoms with Gasteiger partial charge in [-0.2, -0.15) is 9.78 Å². The van der Waals surface area contributed by atoms with E-state index < -0.39 is 10.0 Å². The average Bonchev–Trinajstić information content (AvgIpc) is 3.02. The quantitative estimate of drug-likeness (QED) is 0.713. The number of rotatable bonds is 4. The second-order valence-corrected chi connectivity index (χ2v) is 7.88. The first-order valence-corrected chi connectivity index (χ1v) is 9.84. The highest BCUT2D eigenvalue weighted by atomic mass is 32.2. The van der Waals surface area contributed by atoms with Gasteiger partial charge in [-0.05, 0) is 43.2 Å². The predicted molar refractivity (Wildman–Crippen MR) is 99.4 cm³/mol. The van der Waals surface area contributed by atoms with E-state index in [1.165, 1.54) is 16.8 Å². The number of carbonyl (C=O) groups is 1. The number of benzene rings is 1. The van der Waals surface area contributed by atoms with Crippen molar-refractivity contribution in [1.29, 1.82) is 0 Å². The zero-order valence-electron chi connectivity index (χ0n) is 14.5. The Balaban J connectivity index is 1.71. The third-order valence-corrected chi connectivity index (χ3v) is 5.61. The van der Waals surface area contributed by atoms with Gasteiger partial charge in [0.05, 0.1) is 10.6 Å². The molecule has 2 N–H and O–H groups in total. The zero-order valence-corrected chi connectivity index (χ0v) is 15.3. The van der Waals surface area contributed by atoms with Gasteiger partial charge in [0.2, 0.25) is 0 Å². The lowest BCUT2D eigenvalue weighted by Crippen LogP contribution is -2.32. The van der Waals surface area contributed by atoms with E-state index in [0.717, 1.165) is 5.56 Å². The van der Waals surface area contributed by atoms with Crippen LogP contribution in [-0.4, -0.2) is 35.6 Å². The van der Waals surface area contributed by atoms with E-state index in [1.807, 2.05) is 0 Å². The van der Waals surface area contributed by atoms with Crippen LogP contribution in [0.5, 0.6) is 0 Å². The van der Waals surface area contributed by atoms with Crippen molar-refractivity contribution in [2.45, 2.75) is 18.2 Å². The fourth-order valence-corrected chi connectivity index (χ4v) is 4.04. The Morgan fingerprint density at radius 2 is 2.04 bits per heavy atom. The van der Waals surface area contributed by atoms with Crippen LogP contribution in [0.1, 0.15) is 21.6 Å². The van der Waals surface area contributed by atoms with Gasteiger partial charge < -0.3 is 5.32 Å². The summed E-state index contributed by atoms with van der Waals surface area (Å²) in [6.07, 6.45) is 2.28. The van der Waals surface area contributed by atoms with Crippen LogP contribution in [0.4, 0.5) is 5.82 Å². The van der Waals surface area contributed by atoms with Crippen molar-refractivity contribution in [1.82, 2.24) is 20.1 Å². The van der Waals surface area contributed by atoms with Crippen molar-refractivity contribution in [3.8, 4) is 5.82 Å². The average molecular weight is 383 g/mol. The first kappa shape index (κ1) is 17.2. The minimum absolute atomic E-state index is 0.0183. The van der Waals surface area contributed by atoms with Gasteiger partial charge in [-0.15, -0.1) is 0 Å². The van der Waals surface area contributed by atoms with E-state index in [-0.39, 0.29) is 16.6 Å². The highest BCUT2D eigenvalue weighted by Gasteiger charge is 2.23. The summed E-state index contributed by atoms with van der Waals surface area (Å²) in [5, 5.41) is 7.03. The van der Waals surface area contributed by atoms with E-state index >= 15 is 0 Å². The van der Waals surface area contributed by atoms with Gasteiger partial charge in [0.15, 0.2) is 5.82 Å². The first-order chi connectivity index (χ1) is 12.9. The molecule has 1 aromatic carbocycles. The maximum atomic E-state index is 12.9. The van der Waals surface area contributed by atoms with E-state index in [4.69, 9.17) is 0 Å². The number of carbonyl (C=O) groups excluding carboxylic acids is 1. The van der Waals surface area contributed by atoms with E-state index in [9.17, 15) is 13.2 Å². The molecule has 3 aromatic rings. The maximum Gasteiger partial charge on any atom is 0.263 e. The summed E-state index contributed by atoms with van der Waals surface area (Å²) in [5.41, 5.74) is 1.87. The minimum Gasteiger partial charge on any atom is -0.352 e. The van der Waals surface area contributed by atoms with Crippen LogP contribution < -0.4 is 10.0 Å². The van der Waals surface area contributed by atoms with Gasteiger partial charge in [-0.3, -0.25) is 9.52 Å². The monoisotopic (exact) mass is 383 g/mol. The Morgan fingerprint density at radius 1 is 1.19 bits per heavy atom. The lowest BCUT2D eigenvalue weighted by atomic mass is 10.0. The van der Waals surface area contributed by atoms with Crippen LogP contribution >= 0.6 is 0 Å². The molecular formula is C18H17N5O3S. The molecule has 27 heavy (non-hydrogen) atoms. The summed E-state index contributed by atoms with van der Waals surface area (Å²) in [6, 6.07) is 11.5. The summed E-state index contributed by atoms with van der Waals surface area (Å²) in [5.74, 6) is 0.504. The van der Waals surface area contributed by atoms with Gasteiger partial charge in [-0.1, -0.05) is 12.1 Å². The number of aryl methyl sites for hydroxylation is 1. The number of amides is 1. The normalized spacial score (nSPS) is 13.7. The molecule has 0 saturated carbocycles. The number of hydrogen-bond acceptors (Lipinski definition) is 5. The Kier molecular flexibility index (Phi) is 4.15. The molecule has 9 heteroatoms. The SMILES string of the molecule is Cc1cc(NS(=O)(=O)c2ccc3c(c2)C(=O)NCC3)n(-c2ccccn2)n1. The molecular weight excluding hydrogens is 366 g/mol. The maximum absolute atomic E-state index is 12.9. The topological polar surface area (TPSA) is 106 Å². The Hall–Kier alpha value is -3.20. The van der Waals surface area contributed by atoms with Crippen molar-refractivity contribution < 1.29 is 13.2 Å². The van der Waals surface area contributed by atoms with E-state index in [1.54, 1.807) is 43.5 Å². The van der Waals surface area contributed by atoms with Crippen LogP contribution in [-0.2, 0) is 16.4 Å². The summed E-state index contributed by atoms with van der Waals surface area (Å²) < 4.78 is 29.7. The molecule has 0 aliphatic carbocycles. The fourth-order valence-electron chi connectivity index (χ4n) is 2.98. The number of nitrogens with zero attached hydrogens (tertiary/aromatic N) is 3. The van der Waals surface area contributed by atoms with Gasteiger partial charge in [0.1, 0.15) is 5.82 Å². The van der Waals surface area contributed by atoms with Crippen molar-refractivity contribution in [3.63, 3.8) is 0 Å². The van der Waals surface area contributed by atoms with E-state index in [0.29, 0.717) is 30.0 Å². The standard InChI is InChI=1S/C18H17N5O3S/c1-12-10-17(23(21-12)16-4-2-3-8-19-16)22-27(25,26)14-6-5-13-7-9-20-18(24)15(13)11-14/h2-6,8,10-11,22H,7,9H2,1H3,(H,20,24). The second-order valence-electron chi connectivity index (χ2n) is 6.20. The molecule has 8 nitrogen and oxygen atoms in total. The Labute approximate surface area is 156 Å². The molecule has 1 amide bonds. The first-order valence-electron chi connectivity index (χ1n) is 8.36. The number of pyridine rings is 1. The van der Waals surface area contributed by atoms with E-state index in [2.05, 4.69) is 20.1 Å². The molecule has 4 rings (SSSR count). The van der Waals surface area contributed by atoms with Crippen LogP contribution in [0.2, 0.25) is 0 Å². The third kappa shape index (κ3) is 3.28. The molecule has 0 saturated heterocycles. The third-order valence-electron chi connectivity index (χ3n) is 4.25. The van der Waals surface area contributed by atoms with Crippen molar-refractivity contribution in [2.75, 3.05) is 11.3 Å². The highest BCUT2D eigenvalue weighted by molar-refractivity contribution is 7.92. The van der Waals surface area contributed by atoms with Crippen LogP contribution in [0.3, 0.4) is 0 Å². The van der Waals surface area contributed by atoms with Gasteiger partial charge in [0.25, 0.3) is 15.9 Å². The molecule has 138 valence electrons. The molecule has 0 radical (unpaired) electrons. The molecule has 1 aliphatic rings. The molecule has 1 aliphatic heterocycles. The van der Waals surface area contributed by atoms with Crippen molar-refractivity contribution in [3.05, 3.63) is 65.5 Å². The lowest BCUT2D eigenvalue weighted by molar-refractivity contribution is 0.0945. The molecule has 2 aromatic heterocycles. The summed E-state index contributed by atoms with van der Waals surface area (Å²) in [4.78, 5) is 16.2. The highest BCUT2D eigenvalue weighted by Crippen LogP contribution is 2.23. The largest absolute Gasteiger partial charge is 0.352 e. The molecule has 0 spiro atoms. The number of sulfonamides is 1.